The van der Waals surface area contributed by atoms with Gasteiger partial charge in [0, 0.05) is 5.39 Å². The molecule has 180 valence electrons. The van der Waals surface area contributed by atoms with E-state index in [0.29, 0.717) is 33.6 Å². The number of carbonyl (C=O) groups excluding carboxylic acids is 1. The number of benzene rings is 3. The van der Waals surface area contributed by atoms with Crippen LogP contribution in [0.25, 0.3) is 33.5 Å². The van der Waals surface area contributed by atoms with Gasteiger partial charge in [-0.25, -0.2) is 9.78 Å². The van der Waals surface area contributed by atoms with Crippen LogP contribution in [0, 0.1) is 0 Å². The number of esters is 1. The predicted octanol–water partition coefficient (Wildman–Crippen LogP) is 5.29. The van der Waals surface area contributed by atoms with Crippen molar-refractivity contribution in [1.29, 1.82) is 0 Å². The standard InChI is InChI=1S/C27H20ClN3O5/c1-2-34-25(32)16-35-23-12-11-17(13-20(23)28)15-29-31-26(24-14-18-7-3-6-10-22(18)36-24)30-21-9-5-4-8-19(21)27(31)33/h3-15H,2,16H2,1H3. The number of para-hydroxylation sites is 2. The molecule has 0 amide bonds. The number of aromatic nitrogens is 2. The Bertz CT molecular complexity index is 1640. The zero-order chi connectivity index (χ0) is 25.1. The Morgan fingerprint density at radius 1 is 1.11 bits per heavy atom. The lowest BCUT2D eigenvalue weighted by Gasteiger charge is -2.09. The maximum Gasteiger partial charge on any atom is 0.344 e. The van der Waals surface area contributed by atoms with Crippen LogP contribution in [-0.4, -0.2) is 35.1 Å². The average molecular weight is 502 g/mol. The number of hydrogen-bond donors (Lipinski definition) is 0. The smallest absolute Gasteiger partial charge is 0.344 e. The highest BCUT2D eigenvalue weighted by Crippen LogP contribution is 2.28. The molecule has 0 spiro atoms. The molecule has 0 saturated heterocycles. The predicted molar refractivity (Wildman–Crippen MR) is 138 cm³/mol. The van der Waals surface area contributed by atoms with Gasteiger partial charge in [-0.05, 0) is 55.0 Å². The maximum absolute atomic E-state index is 13.4. The van der Waals surface area contributed by atoms with Crippen LogP contribution in [0.1, 0.15) is 12.5 Å². The molecule has 3 aromatic carbocycles. The zero-order valence-corrected chi connectivity index (χ0v) is 19.9. The van der Waals surface area contributed by atoms with Gasteiger partial charge in [0.1, 0.15) is 11.3 Å². The average Bonchev–Trinajstić information content (AvgIpc) is 3.32. The van der Waals surface area contributed by atoms with Crippen LogP contribution in [0.15, 0.2) is 87.1 Å². The van der Waals surface area contributed by atoms with Gasteiger partial charge < -0.3 is 13.9 Å². The van der Waals surface area contributed by atoms with Crippen molar-refractivity contribution in [3.8, 4) is 17.3 Å². The van der Waals surface area contributed by atoms with Gasteiger partial charge >= 0.3 is 5.97 Å². The van der Waals surface area contributed by atoms with Gasteiger partial charge in [-0.1, -0.05) is 41.9 Å². The van der Waals surface area contributed by atoms with Crippen molar-refractivity contribution < 1.29 is 18.7 Å². The first kappa shape index (κ1) is 23.3. The van der Waals surface area contributed by atoms with Gasteiger partial charge in [-0.3, -0.25) is 4.79 Å². The van der Waals surface area contributed by atoms with Gasteiger partial charge in [0.05, 0.1) is 28.7 Å². The minimum Gasteiger partial charge on any atom is -0.480 e. The number of ether oxygens (including phenoxy) is 2. The van der Waals surface area contributed by atoms with Crippen LogP contribution in [-0.2, 0) is 9.53 Å². The van der Waals surface area contributed by atoms with E-state index in [1.807, 2.05) is 36.4 Å². The summed E-state index contributed by atoms with van der Waals surface area (Å²) in [6.45, 7) is 1.74. The molecular formula is C27H20ClN3O5. The van der Waals surface area contributed by atoms with Crippen LogP contribution in [0.4, 0.5) is 0 Å². The Kier molecular flexibility index (Phi) is 6.51. The zero-order valence-electron chi connectivity index (χ0n) is 19.2. The van der Waals surface area contributed by atoms with Crippen LogP contribution < -0.4 is 10.3 Å². The normalized spacial score (nSPS) is 11.4. The first-order valence-corrected chi connectivity index (χ1v) is 11.5. The van der Waals surface area contributed by atoms with Crippen molar-refractivity contribution in [2.24, 2.45) is 5.10 Å². The molecule has 2 heterocycles. The summed E-state index contributed by atoms with van der Waals surface area (Å²) >= 11 is 6.32. The first-order chi connectivity index (χ1) is 17.5. The fraction of sp³-hybridized carbons (Fsp3) is 0.111. The highest BCUT2D eigenvalue weighted by atomic mass is 35.5. The number of furan rings is 1. The molecule has 0 saturated carbocycles. The van der Waals surface area contributed by atoms with Crippen molar-refractivity contribution in [2.75, 3.05) is 13.2 Å². The summed E-state index contributed by atoms with van der Waals surface area (Å²) in [5.41, 5.74) is 1.48. The third kappa shape index (κ3) is 4.71. The second kappa shape index (κ2) is 10.1. The molecule has 2 aromatic heterocycles. The van der Waals surface area contributed by atoms with E-state index in [4.69, 9.17) is 25.5 Å². The molecule has 0 N–H and O–H groups in total. The van der Waals surface area contributed by atoms with Gasteiger partial charge in [0.15, 0.2) is 12.4 Å². The van der Waals surface area contributed by atoms with E-state index < -0.39 is 5.97 Å². The molecule has 0 aliphatic carbocycles. The lowest BCUT2D eigenvalue weighted by Crippen LogP contribution is -2.20. The van der Waals surface area contributed by atoms with Crippen molar-refractivity contribution in [1.82, 2.24) is 9.66 Å². The molecule has 5 aromatic rings. The Morgan fingerprint density at radius 2 is 1.92 bits per heavy atom. The lowest BCUT2D eigenvalue weighted by molar-refractivity contribution is -0.145. The third-order valence-electron chi connectivity index (χ3n) is 5.33. The molecule has 9 heteroatoms. The summed E-state index contributed by atoms with van der Waals surface area (Å²) in [6, 6.07) is 21.4. The van der Waals surface area contributed by atoms with E-state index in [1.165, 1.54) is 10.9 Å². The molecule has 8 nitrogen and oxygen atoms in total. The summed E-state index contributed by atoms with van der Waals surface area (Å²) in [6.07, 6.45) is 1.49. The summed E-state index contributed by atoms with van der Waals surface area (Å²) in [5, 5.41) is 6.02. The van der Waals surface area contributed by atoms with Crippen LogP contribution in [0.2, 0.25) is 5.02 Å². The number of fused-ring (bicyclic) bond motifs is 2. The van der Waals surface area contributed by atoms with Crippen molar-refractivity contribution >= 4 is 45.7 Å². The molecule has 0 aliphatic rings. The van der Waals surface area contributed by atoms with E-state index in [-0.39, 0.29) is 29.6 Å². The van der Waals surface area contributed by atoms with E-state index >= 15 is 0 Å². The van der Waals surface area contributed by atoms with E-state index in [1.54, 1.807) is 43.3 Å². The van der Waals surface area contributed by atoms with Gasteiger partial charge in [0.25, 0.3) is 5.56 Å². The van der Waals surface area contributed by atoms with Gasteiger partial charge in [-0.15, -0.1) is 0 Å². The summed E-state index contributed by atoms with van der Waals surface area (Å²) < 4.78 is 17.4. The molecule has 36 heavy (non-hydrogen) atoms. The van der Waals surface area contributed by atoms with Crippen LogP contribution in [0.5, 0.6) is 5.75 Å². The summed E-state index contributed by atoms with van der Waals surface area (Å²) in [7, 11) is 0. The Labute approximate surface area is 210 Å². The molecule has 0 atom stereocenters. The van der Waals surface area contributed by atoms with Gasteiger partial charge in [-0.2, -0.15) is 9.78 Å². The fourth-order valence-electron chi connectivity index (χ4n) is 3.66. The van der Waals surface area contributed by atoms with Crippen molar-refractivity contribution in [3.63, 3.8) is 0 Å². The van der Waals surface area contributed by atoms with E-state index in [0.717, 1.165) is 5.39 Å². The molecule has 0 fully saturated rings. The Balaban J connectivity index is 1.52. The summed E-state index contributed by atoms with van der Waals surface area (Å²) in [4.78, 5) is 29.6. The number of nitrogens with zero attached hydrogens (tertiary/aromatic N) is 3. The number of rotatable bonds is 7. The minimum absolute atomic E-state index is 0.250. The maximum atomic E-state index is 13.4. The van der Waals surface area contributed by atoms with Gasteiger partial charge in [0.2, 0.25) is 5.82 Å². The van der Waals surface area contributed by atoms with Crippen LogP contribution in [0.3, 0.4) is 0 Å². The highest BCUT2D eigenvalue weighted by Gasteiger charge is 2.16. The largest absolute Gasteiger partial charge is 0.480 e. The van der Waals surface area contributed by atoms with Crippen molar-refractivity contribution in [2.45, 2.75) is 6.92 Å². The molecule has 5 rings (SSSR count). The number of halogens is 1. The number of carbonyl (C=O) groups is 1. The Morgan fingerprint density at radius 3 is 2.72 bits per heavy atom. The molecule has 0 aliphatic heterocycles. The quantitative estimate of drug-likeness (QED) is 0.222. The summed E-state index contributed by atoms with van der Waals surface area (Å²) in [5.74, 6) is 0.526. The molecular weight excluding hydrogens is 482 g/mol. The minimum atomic E-state index is -0.486. The molecule has 0 radical (unpaired) electrons. The molecule has 0 unspecified atom stereocenters. The second-order valence-corrected chi connectivity index (χ2v) is 8.15. The Hall–Kier alpha value is -4.43. The monoisotopic (exact) mass is 501 g/mol. The van der Waals surface area contributed by atoms with E-state index in [2.05, 4.69) is 10.1 Å². The number of hydrogen-bond acceptors (Lipinski definition) is 7. The topological polar surface area (TPSA) is 95.9 Å². The SMILES string of the molecule is CCOC(=O)COc1ccc(C=Nn2c(-c3cc4ccccc4o3)nc3ccccc3c2=O)cc1Cl. The highest BCUT2D eigenvalue weighted by molar-refractivity contribution is 6.32. The van der Waals surface area contributed by atoms with Crippen molar-refractivity contribution in [3.05, 3.63) is 93.7 Å². The van der Waals surface area contributed by atoms with E-state index in [9.17, 15) is 9.59 Å². The second-order valence-electron chi connectivity index (χ2n) is 7.75. The van der Waals surface area contributed by atoms with Crippen LogP contribution >= 0.6 is 11.6 Å². The molecule has 0 bridgehead atoms. The third-order valence-corrected chi connectivity index (χ3v) is 5.62. The fourth-order valence-corrected chi connectivity index (χ4v) is 3.90. The lowest BCUT2D eigenvalue weighted by atomic mass is 10.2. The first-order valence-electron chi connectivity index (χ1n) is 11.2.